The maximum atomic E-state index is 5.25. The molecule has 0 unspecified atom stereocenters. The molecule has 0 spiro atoms. The summed E-state index contributed by atoms with van der Waals surface area (Å²) in [6.45, 7) is 0.575. The highest BCUT2D eigenvalue weighted by atomic mass is 16.4. The highest BCUT2D eigenvalue weighted by molar-refractivity contribution is 5.12. The number of nitrogens with two attached hydrogens (primary N) is 2. The van der Waals surface area contributed by atoms with Crippen LogP contribution in [0.3, 0.4) is 0 Å². The van der Waals surface area contributed by atoms with Crippen molar-refractivity contribution < 1.29 is 4.42 Å². The number of hydrogen-bond acceptors (Lipinski definition) is 4. The van der Waals surface area contributed by atoms with Crippen LogP contribution >= 0.6 is 0 Å². The predicted molar refractivity (Wildman–Crippen MR) is 33.7 cm³/mol. The number of anilines is 1. The lowest BCUT2D eigenvalue weighted by Gasteiger charge is -1.84. The van der Waals surface area contributed by atoms with E-state index in [4.69, 9.17) is 15.9 Å². The van der Waals surface area contributed by atoms with Gasteiger partial charge in [-0.2, -0.15) is 4.98 Å². The Bertz CT molecular complexity index is 184. The fraction of sp³-hybridized carbons (Fsp3) is 0.400. The first kappa shape index (κ1) is 6.10. The van der Waals surface area contributed by atoms with E-state index in [1.807, 2.05) is 0 Å². The van der Waals surface area contributed by atoms with Crippen molar-refractivity contribution in [2.24, 2.45) is 5.73 Å². The summed E-state index contributed by atoms with van der Waals surface area (Å²) in [6.07, 6.45) is 2.24. The van der Waals surface area contributed by atoms with Gasteiger partial charge in [-0.1, -0.05) is 0 Å². The number of oxazole rings is 1. The van der Waals surface area contributed by atoms with Crippen molar-refractivity contribution in [3.63, 3.8) is 0 Å². The van der Waals surface area contributed by atoms with Crippen LogP contribution in [0.5, 0.6) is 0 Å². The van der Waals surface area contributed by atoms with Gasteiger partial charge < -0.3 is 15.9 Å². The fourth-order valence-electron chi connectivity index (χ4n) is 0.585. The summed E-state index contributed by atoms with van der Waals surface area (Å²) in [5.74, 6) is 0. The van der Waals surface area contributed by atoms with Gasteiger partial charge in [-0.15, -0.1) is 0 Å². The molecule has 0 saturated heterocycles. The van der Waals surface area contributed by atoms with Crippen LogP contribution in [-0.4, -0.2) is 11.5 Å². The molecule has 0 aliphatic carbocycles. The first-order chi connectivity index (χ1) is 4.33. The van der Waals surface area contributed by atoms with E-state index >= 15 is 0 Å². The minimum absolute atomic E-state index is 0.207. The third-order valence-corrected chi connectivity index (χ3v) is 0.970. The van der Waals surface area contributed by atoms with Gasteiger partial charge in [-0.3, -0.25) is 0 Å². The van der Waals surface area contributed by atoms with E-state index in [0.717, 1.165) is 12.1 Å². The molecule has 1 aromatic rings. The average Bonchev–Trinajstić information content (AvgIpc) is 2.17. The molecule has 0 saturated carbocycles. The van der Waals surface area contributed by atoms with Gasteiger partial charge in [0.05, 0.1) is 5.69 Å². The van der Waals surface area contributed by atoms with Crippen molar-refractivity contribution in [2.45, 2.75) is 6.42 Å². The Morgan fingerprint density at radius 1 is 1.67 bits per heavy atom. The summed E-state index contributed by atoms with van der Waals surface area (Å²) >= 11 is 0. The number of hydrogen-bond donors (Lipinski definition) is 2. The van der Waals surface area contributed by atoms with Gasteiger partial charge in [-0.25, -0.2) is 0 Å². The number of nitrogens with zero attached hydrogens (tertiary/aromatic N) is 1. The molecule has 0 aliphatic heterocycles. The zero-order valence-electron chi connectivity index (χ0n) is 5.00. The van der Waals surface area contributed by atoms with Crippen LogP contribution in [0.25, 0.3) is 0 Å². The van der Waals surface area contributed by atoms with Crippen LogP contribution in [0.4, 0.5) is 6.01 Å². The minimum atomic E-state index is 0.207. The normalized spacial score (nSPS) is 9.89. The van der Waals surface area contributed by atoms with Crippen molar-refractivity contribution in [1.29, 1.82) is 0 Å². The molecule has 4 N–H and O–H groups in total. The lowest BCUT2D eigenvalue weighted by Crippen LogP contribution is -2.02. The molecule has 0 aliphatic rings. The summed E-state index contributed by atoms with van der Waals surface area (Å²) in [5, 5.41) is 0. The average molecular weight is 127 g/mol. The molecule has 0 amide bonds. The van der Waals surface area contributed by atoms with Crippen molar-refractivity contribution in [3.8, 4) is 0 Å². The van der Waals surface area contributed by atoms with E-state index in [1.165, 1.54) is 6.26 Å². The van der Waals surface area contributed by atoms with Gasteiger partial charge in [0.1, 0.15) is 6.26 Å². The maximum Gasteiger partial charge on any atom is 0.292 e. The molecule has 4 nitrogen and oxygen atoms in total. The molecule has 4 heteroatoms. The minimum Gasteiger partial charge on any atom is -0.432 e. The fourth-order valence-corrected chi connectivity index (χ4v) is 0.585. The van der Waals surface area contributed by atoms with E-state index in [2.05, 4.69) is 4.98 Å². The van der Waals surface area contributed by atoms with Crippen LogP contribution < -0.4 is 11.5 Å². The second-order valence-corrected chi connectivity index (χ2v) is 1.72. The second-order valence-electron chi connectivity index (χ2n) is 1.72. The lowest BCUT2D eigenvalue weighted by molar-refractivity contribution is 0.578. The highest BCUT2D eigenvalue weighted by Crippen LogP contribution is 2.01. The van der Waals surface area contributed by atoms with Gasteiger partial charge >= 0.3 is 0 Å². The number of nitrogen functional groups attached to an aromatic ring is 1. The molecule has 0 radical (unpaired) electrons. The van der Waals surface area contributed by atoms with E-state index in [9.17, 15) is 0 Å². The summed E-state index contributed by atoms with van der Waals surface area (Å²) in [6, 6.07) is 0.207. The first-order valence-electron chi connectivity index (χ1n) is 2.73. The second kappa shape index (κ2) is 2.50. The monoisotopic (exact) mass is 127 g/mol. The summed E-state index contributed by atoms with van der Waals surface area (Å²) in [4.78, 5) is 3.83. The van der Waals surface area contributed by atoms with Gasteiger partial charge in [0, 0.05) is 6.42 Å². The Balaban J connectivity index is 2.61. The summed E-state index contributed by atoms with van der Waals surface area (Å²) < 4.78 is 4.73. The largest absolute Gasteiger partial charge is 0.432 e. The molecule has 1 heterocycles. The van der Waals surface area contributed by atoms with Crippen molar-refractivity contribution in [2.75, 3.05) is 12.3 Å². The van der Waals surface area contributed by atoms with Crippen molar-refractivity contribution in [3.05, 3.63) is 12.0 Å². The van der Waals surface area contributed by atoms with Crippen molar-refractivity contribution >= 4 is 6.01 Å². The van der Waals surface area contributed by atoms with Crippen LogP contribution in [-0.2, 0) is 6.42 Å². The van der Waals surface area contributed by atoms with Crippen LogP contribution in [0.2, 0.25) is 0 Å². The quantitative estimate of drug-likeness (QED) is 0.574. The van der Waals surface area contributed by atoms with Crippen LogP contribution in [0.1, 0.15) is 5.69 Å². The van der Waals surface area contributed by atoms with E-state index in [1.54, 1.807) is 0 Å². The SMILES string of the molecule is NCCc1coc(N)n1. The molecular formula is C5H9N3O. The molecule has 0 fully saturated rings. The molecule has 0 aromatic carbocycles. The first-order valence-corrected chi connectivity index (χ1v) is 2.73. The highest BCUT2D eigenvalue weighted by Gasteiger charge is 1.96. The zero-order valence-corrected chi connectivity index (χ0v) is 5.00. The Morgan fingerprint density at radius 3 is 2.89 bits per heavy atom. The lowest BCUT2D eigenvalue weighted by atomic mass is 10.3. The molecule has 1 aromatic heterocycles. The Morgan fingerprint density at radius 2 is 2.44 bits per heavy atom. The Kier molecular flexibility index (Phi) is 1.69. The molecule has 9 heavy (non-hydrogen) atoms. The summed E-state index contributed by atoms with van der Waals surface area (Å²) in [7, 11) is 0. The Hall–Kier alpha value is -1.03. The van der Waals surface area contributed by atoms with Crippen LogP contribution in [0, 0.1) is 0 Å². The maximum absolute atomic E-state index is 5.25. The predicted octanol–water partition coefficient (Wildman–Crippen LogP) is -0.242. The van der Waals surface area contributed by atoms with Gasteiger partial charge in [0.2, 0.25) is 0 Å². The van der Waals surface area contributed by atoms with E-state index < -0.39 is 0 Å². The van der Waals surface area contributed by atoms with E-state index in [0.29, 0.717) is 6.54 Å². The zero-order chi connectivity index (χ0) is 6.69. The molecular weight excluding hydrogens is 118 g/mol. The smallest absolute Gasteiger partial charge is 0.292 e. The van der Waals surface area contributed by atoms with Crippen molar-refractivity contribution in [1.82, 2.24) is 4.98 Å². The number of rotatable bonds is 2. The van der Waals surface area contributed by atoms with Gasteiger partial charge in [0.25, 0.3) is 6.01 Å². The standard InChI is InChI=1S/C5H9N3O/c6-2-1-4-3-9-5(7)8-4/h3H,1-2,6H2,(H2,7,8). The third kappa shape index (κ3) is 1.43. The van der Waals surface area contributed by atoms with E-state index in [-0.39, 0.29) is 6.01 Å². The molecule has 1 rings (SSSR count). The van der Waals surface area contributed by atoms with Crippen LogP contribution in [0.15, 0.2) is 10.7 Å². The van der Waals surface area contributed by atoms with Gasteiger partial charge in [0.15, 0.2) is 0 Å². The third-order valence-electron chi connectivity index (χ3n) is 0.970. The summed E-state index contributed by atoms with van der Waals surface area (Å²) in [5.41, 5.74) is 11.3. The number of aromatic nitrogens is 1. The molecule has 50 valence electrons. The topological polar surface area (TPSA) is 78.1 Å². The molecule has 0 bridgehead atoms. The van der Waals surface area contributed by atoms with Gasteiger partial charge in [-0.05, 0) is 6.54 Å². The molecule has 0 atom stereocenters. The Labute approximate surface area is 52.9 Å².